The molecule has 1 aromatic rings. The summed E-state index contributed by atoms with van der Waals surface area (Å²) in [7, 11) is 1.54. The first-order valence-electron chi connectivity index (χ1n) is 9.92. The van der Waals surface area contributed by atoms with Gasteiger partial charge < -0.3 is 19.5 Å². The number of benzene rings is 1. The number of hydrogen-bond donors (Lipinski definition) is 2. The van der Waals surface area contributed by atoms with E-state index in [-0.39, 0.29) is 11.9 Å². The van der Waals surface area contributed by atoms with Gasteiger partial charge in [0, 0.05) is 19.6 Å². The first-order valence-corrected chi connectivity index (χ1v) is 10.3. The minimum absolute atomic E-state index is 0.0347. The molecule has 2 N–H and O–H groups in total. The van der Waals surface area contributed by atoms with E-state index in [1.807, 2.05) is 6.07 Å². The molecule has 158 valence electrons. The van der Waals surface area contributed by atoms with Gasteiger partial charge in [0.25, 0.3) is 0 Å². The number of hydrogen-bond acceptors (Lipinski definition) is 7. The average molecular weight is 421 g/mol. The molecule has 0 radical (unpaired) electrons. The van der Waals surface area contributed by atoms with Crippen molar-refractivity contribution < 1.29 is 19.0 Å². The number of ether oxygens (including phenoxy) is 3. The van der Waals surface area contributed by atoms with Crippen molar-refractivity contribution in [3.05, 3.63) is 23.8 Å². The molecule has 0 amide bonds. The Kier molecular flexibility index (Phi) is 8.21. The summed E-state index contributed by atoms with van der Waals surface area (Å²) < 4.78 is 16.1. The zero-order valence-corrected chi connectivity index (χ0v) is 17.5. The van der Waals surface area contributed by atoms with E-state index >= 15 is 0 Å². The molecule has 0 atom stereocenters. The lowest BCUT2D eigenvalue weighted by molar-refractivity contribution is -0.135. The molecule has 9 heteroatoms. The van der Waals surface area contributed by atoms with Crippen LogP contribution < -0.4 is 20.2 Å². The highest BCUT2D eigenvalue weighted by molar-refractivity contribution is 7.80. The number of nitrogens with one attached hydrogen (secondary N) is 2. The Morgan fingerprint density at radius 3 is 2.86 bits per heavy atom. The van der Waals surface area contributed by atoms with E-state index in [1.54, 1.807) is 25.5 Å². The Balaban J connectivity index is 1.38. The van der Waals surface area contributed by atoms with E-state index in [9.17, 15) is 4.79 Å². The highest BCUT2D eigenvalue weighted by atomic mass is 32.1. The van der Waals surface area contributed by atoms with E-state index in [0.29, 0.717) is 16.6 Å². The molecule has 0 unspecified atom stereocenters. The smallest absolute Gasteiger partial charge is 0.314 e. The van der Waals surface area contributed by atoms with Gasteiger partial charge in [-0.25, -0.2) is 0 Å². The molecule has 2 fully saturated rings. The maximum atomic E-state index is 11.8. The Hall–Kier alpha value is -2.23. The molecule has 3 rings (SSSR count). The molecule has 29 heavy (non-hydrogen) atoms. The summed E-state index contributed by atoms with van der Waals surface area (Å²) in [4.78, 5) is 14.2. The fraction of sp³-hybridized carbons (Fsp3) is 0.550. The lowest BCUT2D eigenvalue weighted by Crippen LogP contribution is -2.39. The van der Waals surface area contributed by atoms with Gasteiger partial charge in [0.15, 0.2) is 16.6 Å². The number of carbonyl (C=O) groups excluding carboxylic acids is 1. The first kappa shape index (κ1) is 21.5. The molecule has 1 aliphatic heterocycles. The first-order chi connectivity index (χ1) is 14.2. The van der Waals surface area contributed by atoms with Crippen LogP contribution in [0.5, 0.6) is 11.5 Å². The predicted molar refractivity (Wildman–Crippen MR) is 115 cm³/mol. The van der Waals surface area contributed by atoms with Crippen molar-refractivity contribution in [2.24, 2.45) is 11.0 Å². The number of morpholine rings is 1. The second-order valence-electron chi connectivity index (χ2n) is 7.04. The largest absolute Gasteiger partial charge is 0.493 e. The zero-order chi connectivity index (χ0) is 20.5. The monoisotopic (exact) mass is 420 g/mol. The van der Waals surface area contributed by atoms with Crippen molar-refractivity contribution >= 4 is 29.5 Å². The molecule has 1 heterocycles. The fourth-order valence-electron chi connectivity index (χ4n) is 2.89. The topological polar surface area (TPSA) is 84.4 Å². The average Bonchev–Trinajstić information content (AvgIpc) is 3.58. The fourth-order valence-corrected chi connectivity index (χ4v) is 3.05. The molecule has 1 aromatic carbocycles. The normalized spacial score (nSPS) is 17.1. The molecule has 0 bridgehead atoms. The van der Waals surface area contributed by atoms with Crippen LogP contribution in [0.3, 0.4) is 0 Å². The van der Waals surface area contributed by atoms with E-state index in [1.165, 1.54) is 0 Å². The number of hydrazone groups is 1. The summed E-state index contributed by atoms with van der Waals surface area (Å²) in [5, 5.41) is 7.77. The highest BCUT2D eigenvalue weighted by Crippen LogP contribution is 2.34. The molecule has 2 aliphatic rings. The Morgan fingerprint density at radius 2 is 2.14 bits per heavy atom. The second-order valence-corrected chi connectivity index (χ2v) is 7.45. The van der Waals surface area contributed by atoms with Gasteiger partial charge in [0.05, 0.1) is 32.5 Å². The highest BCUT2D eigenvalue weighted by Gasteiger charge is 2.32. The third kappa shape index (κ3) is 7.26. The number of carbonyl (C=O) groups is 1. The van der Waals surface area contributed by atoms with Crippen LogP contribution in [0.2, 0.25) is 0 Å². The maximum Gasteiger partial charge on any atom is 0.314 e. The van der Waals surface area contributed by atoms with E-state index < -0.39 is 0 Å². The number of nitrogens with zero attached hydrogens (tertiary/aromatic N) is 2. The van der Waals surface area contributed by atoms with Gasteiger partial charge in [0.1, 0.15) is 0 Å². The molecule has 1 saturated carbocycles. The molecular formula is C20H28N4O4S. The Morgan fingerprint density at radius 1 is 1.34 bits per heavy atom. The number of rotatable bonds is 9. The minimum atomic E-state index is -0.198. The van der Waals surface area contributed by atoms with Gasteiger partial charge in [0.2, 0.25) is 0 Å². The summed E-state index contributed by atoms with van der Waals surface area (Å²) in [6.45, 7) is 5.44. The Labute approximate surface area is 176 Å². The molecule has 0 spiro atoms. The van der Waals surface area contributed by atoms with Crippen molar-refractivity contribution in [1.82, 2.24) is 15.6 Å². The Bertz CT molecular complexity index is 733. The molecule has 1 aliphatic carbocycles. The van der Waals surface area contributed by atoms with Crippen molar-refractivity contribution in [3.63, 3.8) is 0 Å². The van der Waals surface area contributed by atoms with Crippen LogP contribution in [0.15, 0.2) is 23.3 Å². The number of methoxy groups -OCH3 is 1. The zero-order valence-electron chi connectivity index (χ0n) is 16.7. The predicted octanol–water partition coefficient (Wildman–Crippen LogP) is 1.53. The summed E-state index contributed by atoms with van der Waals surface area (Å²) in [5.41, 5.74) is 3.61. The van der Waals surface area contributed by atoms with Crippen molar-refractivity contribution in [3.8, 4) is 11.5 Å². The SMILES string of the molecule is COc1cc(/C=N\NC(=S)NCCCN2CCOCC2)ccc1OC(=O)C1CC1. The maximum absolute atomic E-state index is 11.8. The van der Waals surface area contributed by atoms with E-state index in [2.05, 4.69) is 20.7 Å². The van der Waals surface area contributed by atoms with Gasteiger partial charge in [-0.15, -0.1) is 0 Å². The van der Waals surface area contributed by atoms with Gasteiger partial charge in [-0.05, 0) is 61.8 Å². The van der Waals surface area contributed by atoms with Crippen LogP contribution in [0.1, 0.15) is 24.8 Å². The number of esters is 1. The molecule has 0 aromatic heterocycles. The minimum Gasteiger partial charge on any atom is -0.493 e. The second kappa shape index (κ2) is 11.1. The van der Waals surface area contributed by atoms with Crippen molar-refractivity contribution in [2.75, 3.05) is 46.5 Å². The summed E-state index contributed by atoms with van der Waals surface area (Å²) in [6.07, 6.45) is 4.44. The van der Waals surface area contributed by atoms with E-state index in [4.69, 9.17) is 26.4 Å². The molecule has 1 saturated heterocycles. The van der Waals surface area contributed by atoms with Gasteiger partial charge in [-0.1, -0.05) is 0 Å². The van der Waals surface area contributed by atoms with Crippen LogP contribution in [0, 0.1) is 5.92 Å². The van der Waals surface area contributed by atoms with Crippen LogP contribution in [0.25, 0.3) is 0 Å². The number of thiocarbonyl (C=S) groups is 1. The standard InChI is InChI=1S/C20H28N4O4S/c1-26-18-13-15(3-6-17(18)28-19(25)16-4-5-16)14-22-23-20(29)21-7-2-8-24-9-11-27-12-10-24/h3,6,13-14,16H,2,4-5,7-12H2,1H3,(H2,21,23,29)/b22-14-. The quantitative estimate of drug-likeness (QED) is 0.155. The third-order valence-corrected chi connectivity index (χ3v) is 4.96. The van der Waals surface area contributed by atoms with Crippen molar-refractivity contribution in [2.45, 2.75) is 19.3 Å². The van der Waals surface area contributed by atoms with Crippen LogP contribution in [-0.4, -0.2) is 68.7 Å². The van der Waals surface area contributed by atoms with Gasteiger partial charge in [-0.2, -0.15) is 5.10 Å². The van der Waals surface area contributed by atoms with Crippen LogP contribution in [-0.2, 0) is 9.53 Å². The van der Waals surface area contributed by atoms with E-state index in [0.717, 1.165) is 64.2 Å². The lowest BCUT2D eigenvalue weighted by atomic mass is 10.2. The molecular weight excluding hydrogens is 392 g/mol. The summed E-state index contributed by atoms with van der Waals surface area (Å²) >= 11 is 5.23. The van der Waals surface area contributed by atoms with Crippen LogP contribution >= 0.6 is 12.2 Å². The summed E-state index contributed by atoms with van der Waals surface area (Å²) in [5.74, 6) is 0.752. The van der Waals surface area contributed by atoms with Gasteiger partial charge in [-0.3, -0.25) is 15.1 Å². The van der Waals surface area contributed by atoms with Gasteiger partial charge >= 0.3 is 5.97 Å². The lowest BCUT2D eigenvalue weighted by Gasteiger charge is -2.26. The van der Waals surface area contributed by atoms with Crippen LogP contribution in [0.4, 0.5) is 0 Å². The molecule has 8 nitrogen and oxygen atoms in total. The van der Waals surface area contributed by atoms with Crippen molar-refractivity contribution in [1.29, 1.82) is 0 Å². The summed E-state index contributed by atoms with van der Waals surface area (Å²) in [6, 6.07) is 5.28. The third-order valence-electron chi connectivity index (χ3n) is 4.73.